The lowest BCUT2D eigenvalue weighted by atomic mass is 9.96. The second-order valence-corrected chi connectivity index (χ2v) is 3.28. The maximum Gasteiger partial charge on any atom is 0.149 e. The summed E-state index contributed by atoms with van der Waals surface area (Å²) in [7, 11) is 1.62. The summed E-state index contributed by atoms with van der Waals surface area (Å²) < 4.78 is 13.5. The van der Waals surface area contributed by atoms with Gasteiger partial charge < -0.3 is 0 Å². The third-order valence-electron chi connectivity index (χ3n) is 2.23. The lowest BCUT2D eigenvalue weighted by Crippen LogP contribution is -2.07. The van der Waals surface area contributed by atoms with E-state index in [1.807, 2.05) is 19.1 Å². The molecule has 2 heteroatoms. The molecular formula is C12H16FN. The number of nitrogens with zero attached hydrogens (tertiary/aromatic N) is 1. The van der Waals surface area contributed by atoms with Gasteiger partial charge in [0.2, 0.25) is 0 Å². The van der Waals surface area contributed by atoms with Crippen molar-refractivity contribution in [3.63, 3.8) is 0 Å². The van der Waals surface area contributed by atoms with Gasteiger partial charge in [0, 0.05) is 7.05 Å². The highest BCUT2D eigenvalue weighted by Crippen LogP contribution is 2.23. The molecule has 76 valence electrons. The minimum Gasteiger partial charge on any atom is -0.285 e. The van der Waals surface area contributed by atoms with Crippen molar-refractivity contribution in [2.45, 2.75) is 26.7 Å². The van der Waals surface area contributed by atoms with Gasteiger partial charge in [0.1, 0.15) is 5.83 Å². The zero-order chi connectivity index (χ0) is 10.6. The van der Waals surface area contributed by atoms with Crippen molar-refractivity contribution in [3.8, 4) is 0 Å². The smallest absolute Gasteiger partial charge is 0.149 e. The van der Waals surface area contributed by atoms with Gasteiger partial charge in [-0.3, -0.25) is 4.99 Å². The molecule has 1 aliphatic rings. The van der Waals surface area contributed by atoms with Gasteiger partial charge in [-0.2, -0.15) is 0 Å². The minimum absolute atomic E-state index is 0.216. The van der Waals surface area contributed by atoms with E-state index in [4.69, 9.17) is 0 Å². The Kier molecular flexibility index (Phi) is 3.81. The van der Waals surface area contributed by atoms with E-state index < -0.39 is 0 Å². The van der Waals surface area contributed by atoms with Crippen LogP contribution >= 0.6 is 0 Å². The van der Waals surface area contributed by atoms with Crippen molar-refractivity contribution in [1.29, 1.82) is 0 Å². The molecular weight excluding hydrogens is 177 g/mol. The molecule has 14 heavy (non-hydrogen) atoms. The highest BCUT2D eigenvalue weighted by Gasteiger charge is 2.15. The number of rotatable bonds is 2. The summed E-state index contributed by atoms with van der Waals surface area (Å²) in [5, 5.41) is 0. The molecule has 0 saturated carbocycles. The van der Waals surface area contributed by atoms with Crippen molar-refractivity contribution in [2.75, 3.05) is 7.05 Å². The summed E-state index contributed by atoms with van der Waals surface area (Å²) in [6, 6.07) is 0. The Morgan fingerprint density at radius 2 is 2.14 bits per heavy atom. The predicted molar refractivity (Wildman–Crippen MR) is 59.3 cm³/mol. The van der Waals surface area contributed by atoms with E-state index in [1.165, 1.54) is 0 Å². The molecule has 0 fully saturated rings. The Hall–Kier alpha value is -1.18. The van der Waals surface area contributed by atoms with Crippen LogP contribution in [0.15, 0.2) is 40.2 Å². The van der Waals surface area contributed by atoms with Gasteiger partial charge >= 0.3 is 0 Å². The van der Waals surface area contributed by atoms with Crippen molar-refractivity contribution < 1.29 is 4.39 Å². The molecule has 0 saturated heterocycles. The number of hydrogen-bond acceptors (Lipinski definition) is 1. The SMILES string of the molecule is C/C=C1/C=C(CCC)C=C(F)C1=NC. The first-order valence-corrected chi connectivity index (χ1v) is 4.94. The van der Waals surface area contributed by atoms with E-state index in [0.717, 1.165) is 24.0 Å². The Morgan fingerprint density at radius 3 is 2.64 bits per heavy atom. The maximum atomic E-state index is 13.5. The zero-order valence-corrected chi connectivity index (χ0v) is 8.97. The Labute approximate surface area is 84.7 Å². The van der Waals surface area contributed by atoms with Gasteiger partial charge in [-0.25, -0.2) is 4.39 Å². The predicted octanol–water partition coefficient (Wildman–Crippen LogP) is 3.60. The lowest BCUT2D eigenvalue weighted by molar-refractivity contribution is 0.676. The second kappa shape index (κ2) is 4.89. The number of aliphatic imine (C=N–C) groups is 1. The Morgan fingerprint density at radius 1 is 1.43 bits per heavy atom. The third kappa shape index (κ3) is 2.19. The molecule has 0 bridgehead atoms. The summed E-state index contributed by atoms with van der Waals surface area (Å²) in [6.07, 6.45) is 7.44. The maximum absolute atomic E-state index is 13.5. The van der Waals surface area contributed by atoms with E-state index in [1.54, 1.807) is 13.1 Å². The van der Waals surface area contributed by atoms with Gasteiger partial charge in [-0.1, -0.05) is 19.4 Å². The van der Waals surface area contributed by atoms with Crippen LogP contribution in [-0.2, 0) is 0 Å². The Bertz CT molecular complexity index is 332. The van der Waals surface area contributed by atoms with Crippen LogP contribution in [0.1, 0.15) is 26.7 Å². The molecule has 0 atom stereocenters. The molecule has 0 aromatic carbocycles. The first-order chi connectivity index (χ1) is 6.72. The van der Waals surface area contributed by atoms with Crippen LogP contribution in [0.4, 0.5) is 4.39 Å². The molecule has 1 rings (SSSR count). The van der Waals surface area contributed by atoms with Crippen LogP contribution in [0.2, 0.25) is 0 Å². The molecule has 1 nitrogen and oxygen atoms in total. The molecule has 1 aliphatic carbocycles. The van der Waals surface area contributed by atoms with Crippen molar-refractivity contribution in [1.82, 2.24) is 0 Å². The summed E-state index contributed by atoms with van der Waals surface area (Å²) in [6.45, 7) is 3.99. The molecule has 0 aliphatic heterocycles. The monoisotopic (exact) mass is 193 g/mol. The highest BCUT2D eigenvalue weighted by molar-refractivity contribution is 6.14. The quantitative estimate of drug-likeness (QED) is 0.635. The Balaban J connectivity index is 3.04. The fraction of sp³-hybridized carbons (Fsp3) is 0.417. The average molecular weight is 193 g/mol. The normalized spacial score (nSPS) is 22.6. The van der Waals surface area contributed by atoms with Crippen LogP contribution in [-0.4, -0.2) is 12.8 Å². The fourth-order valence-electron chi connectivity index (χ4n) is 1.57. The van der Waals surface area contributed by atoms with Crippen LogP contribution in [0.25, 0.3) is 0 Å². The van der Waals surface area contributed by atoms with Gasteiger partial charge in [0.25, 0.3) is 0 Å². The standard InChI is InChI=1S/C12H16FN/c1-4-6-9-7-10(5-2)12(14-3)11(13)8-9/h5,7-8H,4,6H2,1-3H3/b10-5-,14-12?. The topological polar surface area (TPSA) is 12.4 Å². The molecule has 0 unspecified atom stereocenters. The van der Waals surface area contributed by atoms with E-state index in [9.17, 15) is 4.39 Å². The molecule has 0 heterocycles. The largest absolute Gasteiger partial charge is 0.285 e. The molecule has 0 aromatic heterocycles. The van der Waals surface area contributed by atoms with Gasteiger partial charge in [-0.05, 0) is 36.6 Å². The van der Waals surface area contributed by atoms with Gasteiger partial charge in [0.15, 0.2) is 0 Å². The highest BCUT2D eigenvalue weighted by atomic mass is 19.1. The van der Waals surface area contributed by atoms with Crippen molar-refractivity contribution in [3.05, 3.63) is 35.2 Å². The van der Waals surface area contributed by atoms with E-state index in [-0.39, 0.29) is 5.83 Å². The molecule has 0 radical (unpaired) electrons. The summed E-state index contributed by atoms with van der Waals surface area (Å²) in [5.41, 5.74) is 2.40. The number of halogens is 1. The fourth-order valence-corrected chi connectivity index (χ4v) is 1.57. The molecule has 0 N–H and O–H groups in total. The first-order valence-electron chi connectivity index (χ1n) is 4.94. The van der Waals surface area contributed by atoms with Crippen LogP contribution in [0.3, 0.4) is 0 Å². The van der Waals surface area contributed by atoms with Crippen molar-refractivity contribution in [2.24, 2.45) is 4.99 Å². The van der Waals surface area contributed by atoms with Gasteiger partial charge in [0.05, 0.1) is 5.71 Å². The second-order valence-electron chi connectivity index (χ2n) is 3.28. The third-order valence-corrected chi connectivity index (χ3v) is 2.23. The summed E-state index contributed by atoms with van der Waals surface area (Å²) >= 11 is 0. The average Bonchev–Trinajstić information content (AvgIpc) is 2.17. The number of hydrogen-bond donors (Lipinski definition) is 0. The van der Waals surface area contributed by atoms with E-state index >= 15 is 0 Å². The molecule has 0 aromatic rings. The van der Waals surface area contributed by atoms with Crippen LogP contribution in [0.5, 0.6) is 0 Å². The minimum atomic E-state index is -0.216. The van der Waals surface area contributed by atoms with E-state index in [0.29, 0.717) is 5.71 Å². The summed E-state index contributed by atoms with van der Waals surface area (Å²) in [4.78, 5) is 3.94. The van der Waals surface area contributed by atoms with Crippen molar-refractivity contribution >= 4 is 5.71 Å². The lowest BCUT2D eigenvalue weighted by Gasteiger charge is -2.12. The van der Waals surface area contributed by atoms with Crippen LogP contribution < -0.4 is 0 Å². The number of allylic oxidation sites excluding steroid dienone is 6. The zero-order valence-electron chi connectivity index (χ0n) is 8.97. The first kappa shape index (κ1) is 10.9. The van der Waals surface area contributed by atoms with Gasteiger partial charge in [-0.15, -0.1) is 0 Å². The summed E-state index contributed by atoms with van der Waals surface area (Å²) in [5.74, 6) is -0.216. The molecule has 0 spiro atoms. The van der Waals surface area contributed by atoms with Crippen LogP contribution in [0, 0.1) is 0 Å². The van der Waals surface area contributed by atoms with E-state index in [2.05, 4.69) is 11.9 Å². The molecule has 0 amide bonds.